The van der Waals surface area contributed by atoms with Crippen LogP contribution in [0.15, 0.2) is 36.0 Å². The average molecular weight is 316 g/mol. The van der Waals surface area contributed by atoms with Gasteiger partial charge in [-0.1, -0.05) is 33.1 Å². The van der Waals surface area contributed by atoms with Gasteiger partial charge >= 0.3 is 0 Å². The van der Waals surface area contributed by atoms with Gasteiger partial charge in [0, 0.05) is 5.57 Å². The molecular formula is C20H28O3. The number of fused-ring (bicyclic) bond motifs is 3. The summed E-state index contributed by atoms with van der Waals surface area (Å²) in [6, 6.07) is 0. The van der Waals surface area contributed by atoms with Crippen LogP contribution in [0.1, 0.15) is 52.9 Å². The van der Waals surface area contributed by atoms with Crippen molar-refractivity contribution in [2.24, 2.45) is 11.3 Å². The summed E-state index contributed by atoms with van der Waals surface area (Å²) in [5, 5.41) is 10.3. The lowest BCUT2D eigenvalue weighted by Gasteiger charge is -2.42. The van der Waals surface area contributed by atoms with Gasteiger partial charge < -0.3 is 9.84 Å². The summed E-state index contributed by atoms with van der Waals surface area (Å²) < 4.78 is 5.74. The number of epoxide rings is 1. The van der Waals surface area contributed by atoms with E-state index in [4.69, 9.17) is 4.74 Å². The highest BCUT2D eigenvalue weighted by Crippen LogP contribution is 2.51. The second-order valence-electron chi connectivity index (χ2n) is 8.04. The van der Waals surface area contributed by atoms with Crippen LogP contribution in [0.5, 0.6) is 0 Å². The third kappa shape index (κ3) is 2.64. The van der Waals surface area contributed by atoms with Crippen molar-refractivity contribution in [3.05, 3.63) is 36.0 Å². The Kier molecular flexibility index (Phi) is 3.93. The Morgan fingerprint density at radius 3 is 2.70 bits per heavy atom. The minimum absolute atomic E-state index is 0.0736. The molecule has 23 heavy (non-hydrogen) atoms. The summed E-state index contributed by atoms with van der Waals surface area (Å²) in [6.07, 6.45) is 4.95. The highest BCUT2D eigenvalue weighted by molar-refractivity contribution is 6.05. The van der Waals surface area contributed by atoms with E-state index in [1.165, 1.54) is 0 Å². The summed E-state index contributed by atoms with van der Waals surface area (Å²) >= 11 is 0. The molecule has 126 valence electrons. The molecule has 1 saturated carbocycles. The summed E-state index contributed by atoms with van der Waals surface area (Å²) in [4.78, 5) is 12.9. The normalized spacial score (nSPS) is 44.8. The number of hydrogen-bond donors (Lipinski definition) is 1. The molecule has 2 bridgehead atoms. The average Bonchev–Trinajstić information content (AvgIpc) is 3.19. The van der Waals surface area contributed by atoms with E-state index in [0.717, 1.165) is 36.0 Å². The predicted molar refractivity (Wildman–Crippen MR) is 91.0 cm³/mol. The van der Waals surface area contributed by atoms with Crippen molar-refractivity contribution in [3.63, 3.8) is 0 Å². The molecule has 3 heteroatoms. The second-order valence-corrected chi connectivity index (χ2v) is 8.04. The molecule has 3 rings (SSSR count). The number of hydrogen-bond acceptors (Lipinski definition) is 3. The smallest absolute Gasteiger partial charge is 0.194 e. The first kappa shape index (κ1) is 16.7. The van der Waals surface area contributed by atoms with Crippen LogP contribution in [0.2, 0.25) is 0 Å². The molecule has 0 aromatic heterocycles. The fourth-order valence-electron chi connectivity index (χ4n) is 4.04. The molecular weight excluding hydrogens is 288 g/mol. The van der Waals surface area contributed by atoms with Gasteiger partial charge in [-0.05, 0) is 61.5 Å². The Morgan fingerprint density at radius 2 is 2.00 bits per heavy atom. The van der Waals surface area contributed by atoms with Crippen LogP contribution in [0, 0.1) is 11.3 Å². The number of carbonyl (C=O) groups excluding carboxylic acids is 1. The first-order chi connectivity index (χ1) is 10.7. The van der Waals surface area contributed by atoms with Gasteiger partial charge in [-0.25, -0.2) is 0 Å². The van der Waals surface area contributed by atoms with Gasteiger partial charge in [0.25, 0.3) is 0 Å². The monoisotopic (exact) mass is 316 g/mol. The summed E-state index contributed by atoms with van der Waals surface area (Å²) in [7, 11) is 0. The number of rotatable bonds is 0. The van der Waals surface area contributed by atoms with Crippen molar-refractivity contribution < 1.29 is 14.6 Å². The van der Waals surface area contributed by atoms with E-state index in [1.54, 1.807) is 0 Å². The largest absolute Gasteiger partial charge is 0.389 e. The highest BCUT2D eigenvalue weighted by Gasteiger charge is 2.58. The van der Waals surface area contributed by atoms with Crippen molar-refractivity contribution in [1.82, 2.24) is 0 Å². The predicted octanol–water partition coefficient (Wildman–Crippen LogP) is 3.73. The van der Waals surface area contributed by atoms with E-state index in [9.17, 15) is 9.90 Å². The van der Waals surface area contributed by atoms with Gasteiger partial charge in [0.2, 0.25) is 0 Å². The molecule has 2 aliphatic carbocycles. The van der Waals surface area contributed by atoms with Gasteiger partial charge in [0.1, 0.15) is 11.7 Å². The Labute approximate surface area is 139 Å². The van der Waals surface area contributed by atoms with Crippen LogP contribution >= 0.6 is 0 Å². The molecule has 2 fully saturated rings. The first-order valence-corrected chi connectivity index (χ1v) is 8.67. The van der Waals surface area contributed by atoms with Crippen LogP contribution in [0.25, 0.3) is 0 Å². The topological polar surface area (TPSA) is 49.8 Å². The third-order valence-electron chi connectivity index (χ3n) is 6.52. The lowest BCUT2D eigenvalue weighted by Crippen LogP contribution is -2.35. The number of Topliss-reactive ketones (excluding diaryl/α,β-unsaturated/α-hetero) is 1. The van der Waals surface area contributed by atoms with Crippen molar-refractivity contribution in [3.8, 4) is 0 Å². The molecule has 3 nitrogen and oxygen atoms in total. The highest BCUT2D eigenvalue weighted by atomic mass is 16.6. The quantitative estimate of drug-likeness (QED) is 0.547. The van der Waals surface area contributed by atoms with E-state index in [2.05, 4.69) is 33.1 Å². The van der Waals surface area contributed by atoms with Crippen LogP contribution in [0.3, 0.4) is 0 Å². The van der Waals surface area contributed by atoms with E-state index in [0.29, 0.717) is 18.8 Å². The lowest BCUT2D eigenvalue weighted by atomic mass is 9.62. The Hall–Kier alpha value is -1.19. The van der Waals surface area contributed by atoms with Crippen molar-refractivity contribution in [2.45, 2.75) is 70.7 Å². The molecule has 1 heterocycles. The fourth-order valence-corrected chi connectivity index (χ4v) is 4.04. The van der Waals surface area contributed by atoms with Crippen LogP contribution < -0.4 is 0 Å². The number of carbonyl (C=O) groups is 1. The van der Waals surface area contributed by atoms with E-state index >= 15 is 0 Å². The summed E-state index contributed by atoms with van der Waals surface area (Å²) in [5.74, 6) is 0.496. The zero-order valence-corrected chi connectivity index (χ0v) is 14.5. The number of aliphatic hydroxyl groups is 1. The van der Waals surface area contributed by atoms with Crippen LogP contribution in [-0.4, -0.2) is 28.7 Å². The molecule has 0 amide bonds. The second kappa shape index (κ2) is 5.42. The number of ketones is 1. The number of allylic oxidation sites excluding steroid dienone is 2. The molecule has 1 aliphatic heterocycles. The molecule has 3 aliphatic rings. The zero-order valence-electron chi connectivity index (χ0n) is 14.5. The van der Waals surface area contributed by atoms with Gasteiger partial charge in [0.05, 0.1) is 6.10 Å². The number of aliphatic hydroxyl groups excluding tert-OH is 1. The minimum atomic E-state index is -0.517. The Balaban J connectivity index is 1.96. The maximum atomic E-state index is 12.9. The van der Waals surface area contributed by atoms with Gasteiger partial charge in [-0.15, -0.1) is 0 Å². The van der Waals surface area contributed by atoms with E-state index in [1.807, 2.05) is 6.92 Å². The standard InChI is InChI=1S/C20H28O3/c1-12-8-10-19(4)13(2)6-7-15(14(19)3)17(22)18-20(5,23-18)11-9-16(12)21/h7,13,16,18,21H,1,3,6,8-11H2,2,4-5H3/t13-,16+,18+,19+,20-/m1/s1. The molecule has 5 atom stereocenters. The zero-order chi connectivity index (χ0) is 17.0. The van der Waals surface area contributed by atoms with Gasteiger partial charge in [0.15, 0.2) is 5.78 Å². The Morgan fingerprint density at radius 1 is 1.30 bits per heavy atom. The van der Waals surface area contributed by atoms with Crippen molar-refractivity contribution >= 4 is 5.78 Å². The molecule has 1 N–H and O–H groups in total. The maximum Gasteiger partial charge on any atom is 0.194 e. The van der Waals surface area contributed by atoms with E-state index in [-0.39, 0.29) is 17.3 Å². The SMILES string of the molecule is C=C1CC[C@]2(C)C(=C)C(=CC[C@H]2C)C(=O)[C@@H]2O[C@]2(C)CC[C@@H]1O. The number of ether oxygens (including phenoxy) is 1. The third-order valence-corrected chi connectivity index (χ3v) is 6.52. The molecule has 1 saturated heterocycles. The molecule has 0 aromatic carbocycles. The summed E-state index contributed by atoms with van der Waals surface area (Å²) in [5.41, 5.74) is 2.01. The molecule has 0 spiro atoms. The first-order valence-electron chi connectivity index (χ1n) is 8.67. The van der Waals surface area contributed by atoms with Gasteiger partial charge in [-0.3, -0.25) is 4.79 Å². The van der Waals surface area contributed by atoms with Crippen LogP contribution in [0.4, 0.5) is 0 Å². The van der Waals surface area contributed by atoms with Gasteiger partial charge in [-0.2, -0.15) is 0 Å². The van der Waals surface area contributed by atoms with Crippen molar-refractivity contribution in [2.75, 3.05) is 0 Å². The fraction of sp³-hybridized carbons (Fsp3) is 0.650. The van der Waals surface area contributed by atoms with E-state index < -0.39 is 11.7 Å². The van der Waals surface area contributed by atoms with Crippen molar-refractivity contribution in [1.29, 1.82) is 0 Å². The maximum absolute atomic E-state index is 12.9. The Bertz CT molecular complexity index is 602. The van der Waals surface area contributed by atoms with Crippen LogP contribution in [-0.2, 0) is 9.53 Å². The molecule has 0 unspecified atom stereocenters. The molecule has 0 aromatic rings. The minimum Gasteiger partial charge on any atom is -0.389 e. The summed E-state index contributed by atoms with van der Waals surface area (Å²) in [6.45, 7) is 14.7. The molecule has 0 radical (unpaired) electrons. The lowest BCUT2D eigenvalue weighted by molar-refractivity contribution is -0.116.